The van der Waals surface area contributed by atoms with Crippen LogP contribution < -0.4 is 5.32 Å². The van der Waals surface area contributed by atoms with Crippen molar-refractivity contribution in [1.29, 1.82) is 0 Å². The van der Waals surface area contributed by atoms with Gasteiger partial charge in [0.15, 0.2) is 0 Å². The van der Waals surface area contributed by atoms with Crippen molar-refractivity contribution in [3.05, 3.63) is 82.7 Å². The summed E-state index contributed by atoms with van der Waals surface area (Å²) in [6, 6.07) is 13.0. The predicted octanol–water partition coefficient (Wildman–Crippen LogP) is 4.59. The number of oxime groups is 1. The van der Waals surface area contributed by atoms with Gasteiger partial charge in [0.25, 0.3) is 11.5 Å². The molecule has 0 aromatic heterocycles. The maximum atomic E-state index is 14.3. The summed E-state index contributed by atoms with van der Waals surface area (Å²) in [4.78, 5) is 17.5. The zero-order valence-corrected chi connectivity index (χ0v) is 17.5. The first-order chi connectivity index (χ1) is 15.7. The highest BCUT2D eigenvalue weighted by Gasteiger charge is 2.62. The number of alkyl halides is 3. The van der Waals surface area contributed by atoms with E-state index < -0.39 is 29.9 Å². The molecule has 0 aliphatic carbocycles. The van der Waals surface area contributed by atoms with E-state index in [1.807, 2.05) is 0 Å². The number of nitrogens with one attached hydrogen (secondary N) is 1. The molecule has 9 heteroatoms. The molecule has 0 saturated heterocycles. The van der Waals surface area contributed by atoms with E-state index in [1.54, 1.807) is 24.3 Å². The third-order valence-corrected chi connectivity index (χ3v) is 5.57. The number of nitrogens with zero attached hydrogens (tertiary/aromatic N) is 1. The Morgan fingerprint density at radius 1 is 1.15 bits per heavy atom. The van der Waals surface area contributed by atoms with Gasteiger partial charge in [0.1, 0.15) is 5.82 Å². The topological polar surface area (TPSA) is 70.9 Å². The van der Waals surface area contributed by atoms with Crippen molar-refractivity contribution in [2.45, 2.75) is 25.1 Å². The van der Waals surface area contributed by atoms with Crippen molar-refractivity contribution >= 4 is 22.4 Å². The first kappa shape index (κ1) is 22.7. The molecule has 2 N–H and O–H groups in total. The van der Waals surface area contributed by atoms with Crippen LogP contribution in [0.15, 0.2) is 59.8 Å². The molecule has 1 amide bonds. The van der Waals surface area contributed by atoms with Gasteiger partial charge in [0.05, 0.1) is 12.3 Å². The van der Waals surface area contributed by atoms with Gasteiger partial charge >= 0.3 is 6.18 Å². The third kappa shape index (κ3) is 4.04. The van der Waals surface area contributed by atoms with Crippen molar-refractivity contribution in [2.24, 2.45) is 5.16 Å². The minimum absolute atomic E-state index is 0.0350. The molecule has 5 nitrogen and oxygen atoms in total. The Bertz CT molecular complexity index is 1240. The van der Waals surface area contributed by atoms with E-state index in [-0.39, 0.29) is 24.4 Å². The number of carbonyl (C=O) groups excluding carboxylic acids is 1. The molecular weight excluding hydrogens is 440 g/mol. The van der Waals surface area contributed by atoms with Gasteiger partial charge in [-0.05, 0) is 41.5 Å². The van der Waals surface area contributed by atoms with Gasteiger partial charge in [-0.25, -0.2) is 4.39 Å². The maximum absolute atomic E-state index is 14.3. The monoisotopic (exact) mass is 460 g/mol. The van der Waals surface area contributed by atoms with Gasteiger partial charge in [-0.3, -0.25) is 4.79 Å². The Morgan fingerprint density at radius 2 is 1.88 bits per heavy atom. The lowest BCUT2D eigenvalue weighted by Crippen LogP contribution is -2.42. The molecule has 1 aliphatic rings. The van der Waals surface area contributed by atoms with E-state index in [4.69, 9.17) is 9.94 Å². The molecule has 1 unspecified atom stereocenters. The molecule has 0 bridgehead atoms. The van der Waals surface area contributed by atoms with Gasteiger partial charge in [0, 0.05) is 29.7 Å². The number of aliphatic hydroxyl groups excluding tert-OH is 1. The number of aryl methyl sites for hydroxylation is 1. The Hall–Kier alpha value is -3.46. The van der Waals surface area contributed by atoms with Crippen molar-refractivity contribution < 1.29 is 32.3 Å². The van der Waals surface area contributed by atoms with Gasteiger partial charge in [-0.2, -0.15) is 13.2 Å². The summed E-state index contributed by atoms with van der Waals surface area (Å²) in [6.45, 7) is 1.34. The van der Waals surface area contributed by atoms with E-state index in [2.05, 4.69) is 10.5 Å². The average Bonchev–Trinajstić information content (AvgIpc) is 3.23. The summed E-state index contributed by atoms with van der Waals surface area (Å²) in [5, 5.41) is 16.3. The van der Waals surface area contributed by atoms with Crippen molar-refractivity contribution in [3.63, 3.8) is 0 Å². The first-order valence-corrected chi connectivity index (χ1v) is 10.2. The van der Waals surface area contributed by atoms with Crippen LogP contribution in [0.4, 0.5) is 17.6 Å². The van der Waals surface area contributed by atoms with Crippen LogP contribution in [-0.4, -0.2) is 36.1 Å². The number of benzene rings is 3. The van der Waals surface area contributed by atoms with Crippen LogP contribution in [0.25, 0.3) is 10.8 Å². The molecule has 0 spiro atoms. The number of halogens is 4. The Morgan fingerprint density at radius 3 is 2.55 bits per heavy atom. The van der Waals surface area contributed by atoms with Crippen LogP contribution in [0.1, 0.15) is 33.5 Å². The summed E-state index contributed by atoms with van der Waals surface area (Å²) in [5.74, 6) is -1.22. The van der Waals surface area contributed by atoms with E-state index in [1.165, 1.54) is 25.1 Å². The summed E-state index contributed by atoms with van der Waals surface area (Å²) >= 11 is 0. The fraction of sp³-hybridized carbons (Fsp3) is 0.250. The van der Waals surface area contributed by atoms with Crippen LogP contribution in [0.5, 0.6) is 0 Å². The summed E-state index contributed by atoms with van der Waals surface area (Å²) < 4.78 is 56.7. The summed E-state index contributed by atoms with van der Waals surface area (Å²) in [6.07, 6.45) is -5.52. The van der Waals surface area contributed by atoms with Crippen LogP contribution in [-0.2, 0) is 10.4 Å². The zero-order chi connectivity index (χ0) is 23.8. The van der Waals surface area contributed by atoms with Gasteiger partial charge < -0.3 is 15.3 Å². The molecule has 1 atom stereocenters. The Kier molecular flexibility index (Phi) is 5.84. The lowest BCUT2D eigenvalue weighted by Gasteiger charge is -2.29. The Balaban J connectivity index is 1.78. The van der Waals surface area contributed by atoms with Crippen LogP contribution >= 0.6 is 0 Å². The Labute approximate surface area is 186 Å². The number of rotatable bonds is 5. The number of fused-ring (bicyclic) bond motifs is 1. The largest absolute Gasteiger partial charge is 0.435 e. The predicted molar refractivity (Wildman–Crippen MR) is 114 cm³/mol. The number of carbonyl (C=O) groups is 1. The molecule has 1 aliphatic heterocycles. The number of aliphatic hydroxyl groups is 1. The molecule has 4 rings (SSSR count). The normalized spacial score (nSPS) is 18.2. The molecule has 0 radical (unpaired) electrons. The second-order valence-corrected chi connectivity index (χ2v) is 7.83. The van der Waals surface area contributed by atoms with Crippen LogP contribution in [0.3, 0.4) is 0 Å². The fourth-order valence-electron chi connectivity index (χ4n) is 4.03. The highest BCUT2D eigenvalue weighted by Crippen LogP contribution is 2.49. The summed E-state index contributed by atoms with van der Waals surface area (Å²) in [5.41, 5.74) is -2.14. The standard InChI is InChI=1S/C24H20F4N2O3/c1-14-10-15(12-16(25)11-14)23(24(26,27)28)13-21(30-33-23)19-6-7-20(22(32)29-8-9-31)18-5-3-2-4-17(18)19/h2-7,10-12,31H,8-9,13H2,1H3,(H,29,32). The SMILES string of the molecule is Cc1cc(F)cc(C2(C(F)(F)F)CC(c3ccc(C(=O)NCCO)c4ccccc34)=NO2)c1. The van der Waals surface area contributed by atoms with Crippen LogP contribution in [0.2, 0.25) is 0 Å². The van der Waals surface area contributed by atoms with Crippen molar-refractivity contribution in [2.75, 3.05) is 13.2 Å². The van der Waals surface area contributed by atoms with Gasteiger partial charge in [-0.15, -0.1) is 0 Å². The third-order valence-electron chi connectivity index (χ3n) is 5.57. The van der Waals surface area contributed by atoms with Crippen LogP contribution in [0, 0.1) is 12.7 Å². The second kappa shape index (κ2) is 8.47. The minimum atomic E-state index is -4.86. The first-order valence-electron chi connectivity index (χ1n) is 10.2. The summed E-state index contributed by atoms with van der Waals surface area (Å²) in [7, 11) is 0. The van der Waals surface area contributed by atoms with Gasteiger partial charge in [-0.1, -0.05) is 41.6 Å². The molecule has 33 heavy (non-hydrogen) atoms. The highest BCUT2D eigenvalue weighted by molar-refractivity contribution is 6.16. The molecule has 0 saturated carbocycles. The lowest BCUT2D eigenvalue weighted by atomic mass is 9.84. The van der Waals surface area contributed by atoms with E-state index in [0.717, 1.165) is 12.1 Å². The number of hydrogen-bond acceptors (Lipinski definition) is 4. The maximum Gasteiger partial charge on any atom is 0.435 e. The van der Waals surface area contributed by atoms with Crippen molar-refractivity contribution in [3.8, 4) is 0 Å². The highest BCUT2D eigenvalue weighted by atomic mass is 19.4. The van der Waals surface area contributed by atoms with Crippen molar-refractivity contribution in [1.82, 2.24) is 5.32 Å². The molecule has 3 aromatic carbocycles. The van der Waals surface area contributed by atoms with E-state index in [9.17, 15) is 22.4 Å². The van der Waals surface area contributed by atoms with E-state index >= 15 is 0 Å². The molecular formula is C24H20F4N2O3. The minimum Gasteiger partial charge on any atom is -0.395 e. The van der Waals surface area contributed by atoms with E-state index in [0.29, 0.717) is 27.5 Å². The lowest BCUT2D eigenvalue weighted by molar-refractivity contribution is -0.275. The smallest absolute Gasteiger partial charge is 0.395 e. The van der Waals surface area contributed by atoms with Gasteiger partial charge in [0.2, 0.25) is 0 Å². The molecule has 0 fully saturated rings. The molecule has 1 heterocycles. The molecule has 3 aromatic rings. The fourth-order valence-corrected chi connectivity index (χ4v) is 4.03. The molecule has 172 valence electrons. The quantitative estimate of drug-likeness (QED) is 0.547. The zero-order valence-electron chi connectivity index (χ0n) is 17.5. The second-order valence-electron chi connectivity index (χ2n) is 7.83. The average molecular weight is 460 g/mol. The number of amides is 1. The number of hydrogen-bond donors (Lipinski definition) is 2.